The second-order valence-electron chi connectivity index (χ2n) is 5.54. The average Bonchev–Trinajstić information content (AvgIpc) is 2.92. The van der Waals surface area contributed by atoms with Gasteiger partial charge in [0.15, 0.2) is 0 Å². The number of aliphatic carboxylic acids is 1. The zero-order chi connectivity index (χ0) is 17.3. The fraction of sp³-hybridized carbons (Fsp3) is 0.235. The van der Waals surface area contributed by atoms with Crippen LogP contribution in [0, 0.1) is 12.7 Å². The predicted molar refractivity (Wildman–Crippen MR) is 90.1 cm³/mol. The Morgan fingerprint density at radius 1 is 1.29 bits per heavy atom. The molecule has 0 atom stereocenters. The molecule has 24 heavy (non-hydrogen) atoms. The van der Waals surface area contributed by atoms with E-state index in [2.05, 4.69) is 4.98 Å². The van der Waals surface area contributed by atoms with Gasteiger partial charge in [0.2, 0.25) is 0 Å². The molecule has 0 aliphatic carbocycles. The molecule has 0 spiro atoms. The monoisotopic (exact) mass is 346 g/mol. The SMILES string of the molecule is Cc1csc2c1c(=O)nc(CCc1ccc(F)cc1)n2CC(=O)O. The lowest BCUT2D eigenvalue weighted by Crippen LogP contribution is -2.22. The Morgan fingerprint density at radius 3 is 2.67 bits per heavy atom. The van der Waals surface area contributed by atoms with Gasteiger partial charge < -0.3 is 9.67 Å². The molecule has 5 nitrogen and oxygen atoms in total. The van der Waals surface area contributed by atoms with Crippen molar-refractivity contribution >= 4 is 27.5 Å². The van der Waals surface area contributed by atoms with Crippen LogP contribution in [0.4, 0.5) is 4.39 Å². The van der Waals surface area contributed by atoms with Crippen molar-refractivity contribution in [2.75, 3.05) is 0 Å². The molecule has 0 aliphatic rings. The van der Waals surface area contributed by atoms with E-state index in [9.17, 15) is 19.1 Å². The van der Waals surface area contributed by atoms with Gasteiger partial charge in [-0.25, -0.2) is 4.39 Å². The van der Waals surface area contributed by atoms with Crippen LogP contribution in [-0.2, 0) is 24.2 Å². The maximum atomic E-state index is 13.0. The minimum absolute atomic E-state index is 0.248. The highest BCUT2D eigenvalue weighted by atomic mass is 32.1. The van der Waals surface area contributed by atoms with Crippen LogP contribution < -0.4 is 5.56 Å². The second-order valence-corrected chi connectivity index (χ2v) is 6.40. The maximum absolute atomic E-state index is 13.0. The zero-order valence-electron chi connectivity index (χ0n) is 13.0. The number of rotatable bonds is 5. The maximum Gasteiger partial charge on any atom is 0.323 e. The number of aromatic nitrogens is 2. The van der Waals surface area contributed by atoms with Crippen molar-refractivity contribution in [1.82, 2.24) is 9.55 Å². The molecule has 0 amide bonds. The third-order valence-corrected chi connectivity index (χ3v) is 4.92. The highest BCUT2D eigenvalue weighted by molar-refractivity contribution is 7.17. The Balaban J connectivity index is 2.00. The minimum atomic E-state index is -0.990. The van der Waals surface area contributed by atoms with Crippen LogP contribution in [0.3, 0.4) is 0 Å². The lowest BCUT2D eigenvalue weighted by atomic mass is 10.1. The summed E-state index contributed by atoms with van der Waals surface area (Å²) < 4.78 is 14.5. The summed E-state index contributed by atoms with van der Waals surface area (Å²) in [6.07, 6.45) is 0.948. The first kappa shape index (κ1) is 16.3. The van der Waals surface area contributed by atoms with Gasteiger partial charge >= 0.3 is 5.97 Å². The van der Waals surface area contributed by atoms with E-state index >= 15 is 0 Å². The summed E-state index contributed by atoms with van der Waals surface area (Å²) in [7, 11) is 0. The summed E-state index contributed by atoms with van der Waals surface area (Å²) >= 11 is 1.34. The summed E-state index contributed by atoms with van der Waals surface area (Å²) in [6, 6.07) is 6.09. The van der Waals surface area contributed by atoms with Crippen LogP contribution in [0.1, 0.15) is 17.0 Å². The molecule has 124 valence electrons. The van der Waals surface area contributed by atoms with Crippen molar-refractivity contribution in [3.63, 3.8) is 0 Å². The Labute approximate surface area is 141 Å². The number of halogens is 1. The van der Waals surface area contributed by atoms with Gasteiger partial charge in [0.05, 0.1) is 5.39 Å². The summed E-state index contributed by atoms with van der Waals surface area (Å²) in [5.41, 5.74) is 1.37. The van der Waals surface area contributed by atoms with Gasteiger partial charge in [-0.3, -0.25) is 9.59 Å². The highest BCUT2D eigenvalue weighted by Gasteiger charge is 2.16. The first-order valence-corrected chi connectivity index (χ1v) is 8.27. The van der Waals surface area contributed by atoms with Crippen molar-refractivity contribution in [1.29, 1.82) is 0 Å². The van der Waals surface area contributed by atoms with E-state index in [-0.39, 0.29) is 17.9 Å². The van der Waals surface area contributed by atoms with Gasteiger partial charge in [0.25, 0.3) is 5.56 Å². The van der Waals surface area contributed by atoms with E-state index < -0.39 is 5.97 Å². The lowest BCUT2D eigenvalue weighted by Gasteiger charge is -2.12. The van der Waals surface area contributed by atoms with Crippen LogP contribution in [-0.4, -0.2) is 20.6 Å². The number of carboxylic acids is 1. The van der Waals surface area contributed by atoms with Gasteiger partial charge in [0.1, 0.15) is 23.0 Å². The van der Waals surface area contributed by atoms with E-state index in [0.29, 0.717) is 28.9 Å². The summed E-state index contributed by atoms with van der Waals surface area (Å²) in [6.45, 7) is 1.56. The minimum Gasteiger partial charge on any atom is -0.480 e. The molecule has 2 heterocycles. The second kappa shape index (κ2) is 6.52. The molecule has 0 radical (unpaired) electrons. The quantitative estimate of drug-likeness (QED) is 0.771. The molecule has 0 saturated heterocycles. The smallest absolute Gasteiger partial charge is 0.323 e. The molecular weight excluding hydrogens is 331 g/mol. The van der Waals surface area contributed by atoms with Crippen LogP contribution in [0.2, 0.25) is 0 Å². The van der Waals surface area contributed by atoms with Crippen LogP contribution in [0.15, 0.2) is 34.4 Å². The molecule has 1 N–H and O–H groups in total. The molecule has 0 saturated carbocycles. The topological polar surface area (TPSA) is 72.2 Å². The summed E-state index contributed by atoms with van der Waals surface area (Å²) in [4.78, 5) is 28.2. The average molecular weight is 346 g/mol. The number of thiophene rings is 1. The number of hydrogen-bond acceptors (Lipinski definition) is 4. The number of carboxylic acid groups (broad SMARTS) is 1. The van der Waals surface area contributed by atoms with Gasteiger partial charge in [-0.05, 0) is 42.0 Å². The van der Waals surface area contributed by atoms with Gasteiger partial charge in [-0.1, -0.05) is 12.1 Å². The first-order valence-electron chi connectivity index (χ1n) is 7.39. The number of nitrogens with zero attached hydrogens (tertiary/aromatic N) is 2. The van der Waals surface area contributed by atoms with Crippen molar-refractivity contribution in [3.8, 4) is 0 Å². The van der Waals surface area contributed by atoms with Crippen LogP contribution >= 0.6 is 11.3 Å². The third-order valence-electron chi connectivity index (χ3n) is 3.80. The van der Waals surface area contributed by atoms with Crippen LogP contribution in [0.25, 0.3) is 10.2 Å². The van der Waals surface area contributed by atoms with Gasteiger partial charge in [-0.2, -0.15) is 4.98 Å². The fourth-order valence-electron chi connectivity index (χ4n) is 2.64. The Kier molecular flexibility index (Phi) is 4.44. The zero-order valence-corrected chi connectivity index (χ0v) is 13.8. The normalized spacial score (nSPS) is 11.1. The van der Waals surface area contributed by atoms with E-state index in [1.807, 2.05) is 12.3 Å². The lowest BCUT2D eigenvalue weighted by molar-refractivity contribution is -0.137. The molecule has 7 heteroatoms. The van der Waals surface area contributed by atoms with Crippen molar-refractivity contribution in [2.45, 2.75) is 26.3 Å². The molecular formula is C17H15FN2O3S. The molecule has 1 aromatic carbocycles. The Morgan fingerprint density at radius 2 is 2.00 bits per heavy atom. The number of carbonyl (C=O) groups is 1. The van der Waals surface area contributed by atoms with E-state index in [1.165, 1.54) is 23.5 Å². The van der Waals surface area contributed by atoms with Crippen molar-refractivity contribution in [2.24, 2.45) is 0 Å². The first-order chi connectivity index (χ1) is 11.5. The fourth-order valence-corrected chi connectivity index (χ4v) is 3.71. The number of hydrogen-bond donors (Lipinski definition) is 1. The Bertz CT molecular complexity index is 960. The standard InChI is InChI=1S/C17H15FN2O3S/c1-10-9-24-17-15(10)16(23)19-13(20(17)8-14(21)22)7-4-11-2-5-12(18)6-3-11/h2-3,5-6,9H,4,7-8H2,1H3,(H,21,22). The third kappa shape index (κ3) is 3.21. The van der Waals surface area contributed by atoms with Crippen molar-refractivity contribution in [3.05, 3.63) is 62.8 Å². The molecule has 2 aromatic heterocycles. The number of aryl methyl sites for hydroxylation is 3. The van der Waals surface area contributed by atoms with Gasteiger partial charge in [0, 0.05) is 6.42 Å². The largest absolute Gasteiger partial charge is 0.480 e. The highest BCUT2D eigenvalue weighted by Crippen LogP contribution is 2.23. The van der Waals surface area contributed by atoms with Gasteiger partial charge in [-0.15, -0.1) is 11.3 Å². The van der Waals surface area contributed by atoms with E-state index in [1.54, 1.807) is 16.7 Å². The molecule has 3 aromatic rings. The summed E-state index contributed by atoms with van der Waals surface area (Å²) in [5.74, 6) is -0.868. The molecule has 0 bridgehead atoms. The summed E-state index contributed by atoms with van der Waals surface area (Å²) in [5, 5.41) is 11.5. The predicted octanol–water partition coefficient (Wildman–Crippen LogP) is 2.78. The number of benzene rings is 1. The van der Waals surface area contributed by atoms with E-state index in [4.69, 9.17) is 0 Å². The molecule has 0 fully saturated rings. The molecule has 3 rings (SSSR count). The Hall–Kier alpha value is -2.54. The van der Waals surface area contributed by atoms with E-state index in [0.717, 1.165) is 11.1 Å². The van der Waals surface area contributed by atoms with Crippen molar-refractivity contribution < 1.29 is 14.3 Å². The molecule has 0 aliphatic heterocycles. The molecule has 0 unspecified atom stereocenters. The van der Waals surface area contributed by atoms with Crippen LogP contribution in [0.5, 0.6) is 0 Å². The number of fused-ring (bicyclic) bond motifs is 1.